The topological polar surface area (TPSA) is 49.3 Å². The lowest BCUT2D eigenvalue weighted by Crippen LogP contribution is -2.40. The molecule has 0 amide bonds. The fourth-order valence-corrected chi connectivity index (χ4v) is 2.21. The highest BCUT2D eigenvalue weighted by molar-refractivity contribution is 8.00. The molecule has 1 aliphatic heterocycles. The van der Waals surface area contributed by atoms with Crippen molar-refractivity contribution in [3.05, 3.63) is 0 Å². The Hall–Kier alpha value is -0.220. The molecule has 64 valence electrons. The molecular formula is C7H13NO2S. The van der Waals surface area contributed by atoms with Gasteiger partial charge in [0.15, 0.2) is 0 Å². The summed E-state index contributed by atoms with van der Waals surface area (Å²) in [6.07, 6.45) is 0.282. The summed E-state index contributed by atoms with van der Waals surface area (Å²) in [5, 5.41) is 12.0. The van der Waals surface area contributed by atoms with E-state index in [0.29, 0.717) is 6.04 Å². The van der Waals surface area contributed by atoms with Crippen LogP contribution < -0.4 is 5.32 Å². The Bertz CT molecular complexity index is 143. The zero-order chi connectivity index (χ0) is 8.27. The largest absolute Gasteiger partial charge is 0.481 e. The van der Waals surface area contributed by atoms with Crippen LogP contribution in [0.1, 0.15) is 13.3 Å². The normalized spacial score (nSPS) is 31.7. The smallest absolute Gasteiger partial charge is 0.304 e. The minimum Gasteiger partial charge on any atom is -0.481 e. The number of thioether (sulfide) groups is 1. The molecule has 11 heavy (non-hydrogen) atoms. The first-order valence-corrected chi connectivity index (χ1v) is 4.80. The lowest BCUT2D eigenvalue weighted by molar-refractivity contribution is -0.136. The van der Waals surface area contributed by atoms with E-state index in [-0.39, 0.29) is 11.7 Å². The van der Waals surface area contributed by atoms with Crippen molar-refractivity contribution in [1.29, 1.82) is 0 Å². The van der Waals surface area contributed by atoms with Gasteiger partial charge in [-0.3, -0.25) is 4.79 Å². The van der Waals surface area contributed by atoms with Crippen molar-refractivity contribution in [3.63, 3.8) is 0 Å². The Morgan fingerprint density at radius 2 is 2.55 bits per heavy atom. The molecule has 2 N–H and O–H groups in total. The van der Waals surface area contributed by atoms with Crippen LogP contribution >= 0.6 is 11.8 Å². The molecule has 0 aromatic rings. The summed E-state index contributed by atoms with van der Waals surface area (Å²) in [7, 11) is 0. The molecule has 1 fully saturated rings. The molecule has 2 atom stereocenters. The van der Waals surface area contributed by atoms with Crippen LogP contribution in [0.4, 0.5) is 0 Å². The predicted octanol–water partition coefficient (Wildman–Crippen LogP) is 0.555. The molecule has 0 radical (unpaired) electrons. The molecule has 3 nitrogen and oxygen atoms in total. The highest BCUT2D eigenvalue weighted by Gasteiger charge is 2.19. The minimum atomic E-state index is -0.696. The van der Waals surface area contributed by atoms with Crippen LogP contribution in [-0.4, -0.2) is 34.7 Å². The maximum absolute atomic E-state index is 10.3. The lowest BCUT2D eigenvalue weighted by atomic mass is 10.2. The Morgan fingerprint density at radius 1 is 1.82 bits per heavy atom. The molecule has 0 aromatic carbocycles. The molecule has 1 heterocycles. The van der Waals surface area contributed by atoms with E-state index in [9.17, 15) is 4.79 Å². The van der Waals surface area contributed by atoms with Gasteiger partial charge in [-0.15, -0.1) is 0 Å². The van der Waals surface area contributed by atoms with Crippen molar-refractivity contribution >= 4 is 17.7 Å². The number of nitrogens with one attached hydrogen (secondary N) is 1. The second kappa shape index (κ2) is 3.97. The van der Waals surface area contributed by atoms with Gasteiger partial charge in [0.2, 0.25) is 0 Å². The van der Waals surface area contributed by atoms with Crippen molar-refractivity contribution in [2.75, 3.05) is 12.3 Å². The van der Waals surface area contributed by atoms with Gasteiger partial charge in [-0.2, -0.15) is 11.8 Å². The number of aliphatic carboxylic acids is 1. The number of carbonyl (C=O) groups is 1. The molecule has 1 aliphatic rings. The molecule has 2 unspecified atom stereocenters. The van der Waals surface area contributed by atoms with Crippen molar-refractivity contribution < 1.29 is 9.90 Å². The van der Waals surface area contributed by atoms with Crippen molar-refractivity contribution in [2.24, 2.45) is 0 Å². The van der Waals surface area contributed by atoms with Crippen LogP contribution in [0.5, 0.6) is 0 Å². The van der Waals surface area contributed by atoms with Gasteiger partial charge in [0.1, 0.15) is 0 Å². The van der Waals surface area contributed by atoms with Crippen LogP contribution in [0.15, 0.2) is 0 Å². The number of carboxylic acid groups (broad SMARTS) is 1. The van der Waals surface area contributed by atoms with E-state index < -0.39 is 5.97 Å². The molecule has 1 rings (SSSR count). The zero-order valence-corrected chi connectivity index (χ0v) is 7.36. The molecule has 0 bridgehead atoms. The highest BCUT2D eigenvalue weighted by Crippen LogP contribution is 2.19. The van der Waals surface area contributed by atoms with Gasteiger partial charge in [-0.1, -0.05) is 0 Å². The first-order valence-electron chi connectivity index (χ1n) is 3.75. The number of hydrogen-bond donors (Lipinski definition) is 2. The Morgan fingerprint density at radius 3 is 3.00 bits per heavy atom. The van der Waals surface area contributed by atoms with E-state index in [4.69, 9.17) is 5.11 Å². The molecule has 1 saturated heterocycles. The maximum Gasteiger partial charge on any atom is 0.304 e. The van der Waals surface area contributed by atoms with Gasteiger partial charge in [0, 0.05) is 23.6 Å². The minimum absolute atomic E-state index is 0.267. The quantitative estimate of drug-likeness (QED) is 0.643. The Labute approximate surface area is 70.6 Å². The van der Waals surface area contributed by atoms with Crippen LogP contribution in [0.3, 0.4) is 0 Å². The van der Waals surface area contributed by atoms with Crippen LogP contribution in [0.25, 0.3) is 0 Å². The third-order valence-corrected chi connectivity index (χ3v) is 3.18. The Kier molecular flexibility index (Phi) is 3.20. The number of hydrogen-bond acceptors (Lipinski definition) is 3. The SMILES string of the molecule is CC1CSC(CC(=O)O)CN1. The van der Waals surface area contributed by atoms with E-state index in [2.05, 4.69) is 12.2 Å². The van der Waals surface area contributed by atoms with Gasteiger partial charge >= 0.3 is 5.97 Å². The molecular weight excluding hydrogens is 162 g/mol. The fourth-order valence-electron chi connectivity index (χ4n) is 1.06. The summed E-state index contributed by atoms with van der Waals surface area (Å²) in [5.41, 5.74) is 0. The van der Waals surface area contributed by atoms with Gasteiger partial charge in [0.25, 0.3) is 0 Å². The fraction of sp³-hybridized carbons (Fsp3) is 0.857. The highest BCUT2D eigenvalue weighted by atomic mass is 32.2. The predicted molar refractivity (Wildman–Crippen MR) is 46.0 cm³/mol. The third kappa shape index (κ3) is 3.12. The second-order valence-electron chi connectivity index (χ2n) is 2.86. The van der Waals surface area contributed by atoms with Crippen LogP contribution in [0.2, 0.25) is 0 Å². The summed E-state index contributed by atoms with van der Waals surface area (Å²) in [6.45, 7) is 2.95. The summed E-state index contributed by atoms with van der Waals surface area (Å²) in [5.74, 6) is 0.330. The summed E-state index contributed by atoms with van der Waals surface area (Å²) in [6, 6.07) is 0.532. The zero-order valence-electron chi connectivity index (χ0n) is 6.54. The first-order chi connectivity index (χ1) is 5.18. The van der Waals surface area contributed by atoms with Crippen LogP contribution in [-0.2, 0) is 4.79 Å². The average molecular weight is 175 g/mol. The van der Waals surface area contributed by atoms with E-state index in [0.717, 1.165) is 12.3 Å². The Balaban J connectivity index is 2.22. The van der Waals surface area contributed by atoms with Crippen molar-refractivity contribution in [1.82, 2.24) is 5.32 Å². The molecule has 0 aliphatic carbocycles. The molecule has 0 aromatic heterocycles. The van der Waals surface area contributed by atoms with Gasteiger partial charge in [-0.25, -0.2) is 0 Å². The summed E-state index contributed by atoms with van der Waals surface area (Å²) in [4.78, 5) is 10.3. The first kappa shape index (κ1) is 8.87. The third-order valence-electron chi connectivity index (χ3n) is 1.68. The summed E-state index contributed by atoms with van der Waals surface area (Å²) < 4.78 is 0. The molecule has 0 saturated carbocycles. The number of rotatable bonds is 2. The van der Waals surface area contributed by atoms with E-state index in [1.165, 1.54) is 0 Å². The van der Waals surface area contributed by atoms with Crippen LogP contribution in [0, 0.1) is 0 Å². The van der Waals surface area contributed by atoms with E-state index in [1.807, 2.05) is 0 Å². The molecule has 0 spiro atoms. The van der Waals surface area contributed by atoms with Crippen molar-refractivity contribution in [2.45, 2.75) is 24.6 Å². The lowest BCUT2D eigenvalue weighted by Gasteiger charge is -2.25. The maximum atomic E-state index is 10.3. The number of carboxylic acids is 1. The monoisotopic (exact) mass is 175 g/mol. The van der Waals surface area contributed by atoms with E-state index >= 15 is 0 Å². The standard InChI is InChI=1S/C7H13NO2S/c1-5-4-11-6(3-8-5)2-7(9)10/h5-6,8H,2-4H2,1H3,(H,9,10). The van der Waals surface area contributed by atoms with Gasteiger partial charge in [0.05, 0.1) is 6.42 Å². The summed E-state index contributed by atoms with van der Waals surface area (Å²) >= 11 is 1.76. The van der Waals surface area contributed by atoms with Gasteiger partial charge < -0.3 is 10.4 Å². The van der Waals surface area contributed by atoms with Crippen molar-refractivity contribution in [3.8, 4) is 0 Å². The second-order valence-corrected chi connectivity index (χ2v) is 4.20. The van der Waals surface area contributed by atoms with Gasteiger partial charge in [-0.05, 0) is 6.92 Å². The average Bonchev–Trinajstić information content (AvgIpc) is 1.93. The molecule has 4 heteroatoms. The van der Waals surface area contributed by atoms with E-state index in [1.54, 1.807) is 11.8 Å².